The van der Waals surface area contributed by atoms with E-state index in [9.17, 15) is 0 Å². The second kappa shape index (κ2) is 5.42. The van der Waals surface area contributed by atoms with Crippen LogP contribution >= 0.6 is 27.3 Å². The van der Waals surface area contributed by atoms with Crippen LogP contribution in [0.5, 0.6) is 5.75 Å². The Labute approximate surface area is 129 Å². The first kappa shape index (κ1) is 13.4. The number of hydrogen-bond donors (Lipinski definition) is 1. The summed E-state index contributed by atoms with van der Waals surface area (Å²) in [7, 11) is 1.66. The lowest BCUT2D eigenvalue weighted by Gasteiger charge is -2.07. The molecule has 0 saturated carbocycles. The molecule has 0 unspecified atom stereocenters. The summed E-state index contributed by atoms with van der Waals surface area (Å²) in [5.41, 5.74) is 3.23. The van der Waals surface area contributed by atoms with Crippen molar-refractivity contribution in [2.45, 2.75) is 6.92 Å². The molecular formula is C15H13BrN2OS. The summed E-state index contributed by atoms with van der Waals surface area (Å²) in [6.07, 6.45) is 0. The van der Waals surface area contributed by atoms with Gasteiger partial charge in [0.05, 0.1) is 21.8 Å². The van der Waals surface area contributed by atoms with Gasteiger partial charge in [-0.25, -0.2) is 4.98 Å². The molecular weight excluding hydrogens is 336 g/mol. The third kappa shape index (κ3) is 2.64. The van der Waals surface area contributed by atoms with Gasteiger partial charge in [-0.15, -0.1) is 0 Å². The number of ether oxygens (including phenoxy) is 1. The molecule has 2 aromatic carbocycles. The number of nitrogens with one attached hydrogen (secondary N) is 1. The molecule has 20 heavy (non-hydrogen) atoms. The van der Waals surface area contributed by atoms with E-state index in [1.54, 1.807) is 18.4 Å². The van der Waals surface area contributed by atoms with Crippen LogP contribution in [0.2, 0.25) is 0 Å². The van der Waals surface area contributed by atoms with E-state index in [-0.39, 0.29) is 0 Å². The minimum atomic E-state index is 0.798. The summed E-state index contributed by atoms with van der Waals surface area (Å²) >= 11 is 5.10. The van der Waals surface area contributed by atoms with Crippen molar-refractivity contribution in [3.8, 4) is 5.75 Å². The molecule has 0 fully saturated rings. The van der Waals surface area contributed by atoms with Gasteiger partial charge in [0.25, 0.3) is 0 Å². The lowest BCUT2D eigenvalue weighted by Crippen LogP contribution is -1.91. The quantitative estimate of drug-likeness (QED) is 0.713. The smallest absolute Gasteiger partial charge is 0.188 e. The van der Waals surface area contributed by atoms with E-state index in [1.807, 2.05) is 18.2 Å². The van der Waals surface area contributed by atoms with Crippen LogP contribution in [0.15, 0.2) is 40.9 Å². The Morgan fingerprint density at radius 2 is 2.05 bits per heavy atom. The summed E-state index contributed by atoms with van der Waals surface area (Å²) in [5, 5.41) is 4.21. The number of anilines is 2. The summed E-state index contributed by atoms with van der Waals surface area (Å²) in [6, 6.07) is 12.2. The van der Waals surface area contributed by atoms with Crippen molar-refractivity contribution in [1.82, 2.24) is 4.98 Å². The first-order valence-corrected chi connectivity index (χ1v) is 7.74. The Kier molecular flexibility index (Phi) is 3.63. The number of thiazole rings is 1. The second-order valence-corrected chi connectivity index (χ2v) is 6.35. The molecule has 3 aromatic rings. The number of aromatic nitrogens is 1. The van der Waals surface area contributed by atoms with Gasteiger partial charge in [0.2, 0.25) is 0 Å². The normalized spacial score (nSPS) is 10.8. The molecule has 0 aliphatic rings. The number of aryl methyl sites for hydroxylation is 1. The van der Waals surface area contributed by atoms with Gasteiger partial charge < -0.3 is 10.1 Å². The zero-order valence-electron chi connectivity index (χ0n) is 11.1. The van der Waals surface area contributed by atoms with Crippen molar-refractivity contribution in [2.24, 2.45) is 0 Å². The van der Waals surface area contributed by atoms with Crippen LogP contribution in [0.3, 0.4) is 0 Å². The average Bonchev–Trinajstić information content (AvgIpc) is 2.82. The summed E-state index contributed by atoms with van der Waals surface area (Å²) in [5.74, 6) is 0.798. The van der Waals surface area contributed by atoms with Crippen LogP contribution in [0.1, 0.15) is 5.56 Å². The zero-order valence-corrected chi connectivity index (χ0v) is 13.5. The molecule has 0 aliphatic heterocycles. The molecule has 0 aliphatic carbocycles. The van der Waals surface area contributed by atoms with Gasteiger partial charge in [-0.2, -0.15) is 0 Å². The first-order valence-electron chi connectivity index (χ1n) is 6.13. The molecule has 1 heterocycles. The number of halogens is 1. The molecule has 0 amide bonds. The molecule has 0 atom stereocenters. The maximum absolute atomic E-state index is 5.29. The third-order valence-corrected chi connectivity index (χ3v) is 4.54. The average molecular weight is 349 g/mol. The number of methoxy groups -OCH3 is 1. The van der Waals surface area contributed by atoms with E-state index >= 15 is 0 Å². The van der Waals surface area contributed by atoms with Crippen LogP contribution in [0.25, 0.3) is 10.2 Å². The monoisotopic (exact) mass is 348 g/mol. The summed E-state index contributed by atoms with van der Waals surface area (Å²) < 4.78 is 7.42. The number of benzene rings is 2. The summed E-state index contributed by atoms with van der Waals surface area (Å²) in [4.78, 5) is 4.58. The highest BCUT2D eigenvalue weighted by atomic mass is 79.9. The lowest BCUT2D eigenvalue weighted by atomic mass is 10.2. The van der Waals surface area contributed by atoms with E-state index in [0.29, 0.717) is 0 Å². The van der Waals surface area contributed by atoms with Gasteiger partial charge in [0.15, 0.2) is 5.13 Å². The van der Waals surface area contributed by atoms with Crippen molar-refractivity contribution in [3.05, 3.63) is 46.4 Å². The molecule has 1 N–H and O–H groups in total. The maximum Gasteiger partial charge on any atom is 0.188 e. The van der Waals surface area contributed by atoms with Crippen molar-refractivity contribution in [1.29, 1.82) is 0 Å². The third-order valence-electron chi connectivity index (χ3n) is 2.95. The molecule has 102 valence electrons. The Bertz CT molecular complexity index is 770. The fraction of sp³-hybridized carbons (Fsp3) is 0.133. The van der Waals surface area contributed by atoms with E-state index in [2.05, 4.69) is 51.4 Å². The van der Waals surface area contributed by atoms with Crippen LogP contribution < -0.4 is 10.1 Å². The van der Waals surface area contributed by atoms with Gasteiger partial charge in [0, 0.05) is 11.8 Å². The predicted octanol–water partition coefficient (Wildman–Crippen LogP) is 5.12. The Hall–Kier alpha value is -1.59. The highest BCUT2D eigenvalue weighted by Gasteiger charge is 2.06. The van der Waals surface area contributed by atoms with E-state index < -0.39 is 0 Å². The molecule has 1 aromatic heterocycles. The van der Waals surface area contributed by atoms with Gasteiger partial charge in [-0.1, -0.05) is 17.4 Å². The van der Waals surface area contributed by atoms with Crippen LogP contribution in [-0.2, 0) is 0 Å². The van der Waals surface area contributed by atoms with E-state index in [4.69, 9.17) is 4.74 Å². The summed E-state index contributed by atoms with van der Waals surface area (Å²) in [6.45, 7) is 2.09. The minimum absolute atomic E-state index is 0.798. The fourth-order valence-corrected chi connectivity index (χ4v) is 3.34. The molecule has 0 spiro atoms. The molecule has 3 nitrogen and oxygen atoms in total. The maximum atomic E-state index is 5.29. The Balaban J connectivity index is 1.92. The topological polar surface area (TPSA) is 34.1 Å². The van der Waals surface area contributed by atoms with E-state index in [1.165, 1.54) is 10.3 Å². The second-order valence-electron chi connectivity index (χ2n) is 4.46. The minimum Gasteiger partial charge on any atom is -0.495 e. The number of rotatable bonds is 3. The lowest BCUT2D eigenvalue weighted by molar-refractivity contribution is 0.412. The number of hydrogen-bond acceptors (Lipinski definition) is 4. The Morgan fingerprint density at radius 1 is 1.20 bits per heavy atom. The first-order chi connectivity index (χ1) is 9.65. The van der Waals surface area contributed by atoms with Crippen LogP contribution in [0.4, 0.5) is 10.8 Å². The van der Waals surface area contributed by atoms with Crippen molar-refractivity contribution < 1.29 is 4.74 Å². The number of nitrogens with zero attached hydrogens (tertiary/aromatic N) is 1. The van der Waals surface area contributed by atoms with Crippen LogP contribution in [0, 0.1) is 6.92 Å². The molecule has 3 rings (SSSR count). The molecule has 0 radical (unpaired) electrons. The fourth-order valence-electron chi connectivity index (χ4n) is 1.95. The van der Waals surface area contributed by atoms with Gasteiger partial charge >= 0.3 is 0 Å². The molecule has 0 saturated heterocycles. The largest absolute Gasteiger partial charge is 0.495 e. The van der Waals surface area contributed by atoms with Gasteiger partial charge in [-0.05, 0) is 52.7 Å². The van der Waals surface area contributed by atoms with Crippen molar-refractivity contribution >= 4 is 48.3 Å². The predicted molar refractivity (Wildman–Crippen MR) is 88.3 cm³/mol. The zero-order chi connectivity index (χ0) is 14.1. The molecule has 0 bridgehead atoms. The number of fused-ring (bicyclic) bond motifs is 1. The molecule has 5 heteroatoms. The van der Waals surface area contributed by atoms with Crippen molar-refractivity contribution in [3.63, 3.8) is 0 Å². The SMILES string of the molecule is COc1cc(Nc2nc3ccc(C)cc3s2)ccc1Br. The van der Waals surface area contributed by atoms with Gasteiger partial charge in [0.1, 0.15) is 5.75 Å². The highest BCUT2D eigenvalue weighted by molar-refractivity contribution is 9.10. The van der Waals surface area contributed by atoms with Crippen molar-refractivity contribution in [2.75, 3.05) is 12.4 Å². The van der Waals surface area contributed by atoms with Gasteiger partial charge in [-0.3, -0.25) is 0 Å². The Morgan fingerprint density at radius 3 is 2.85 bits per heavy atom. The standard InChI is InChI=1S/C15H13BrN2OS/c1-9-3-6-12-14(7-9)20-15(18-12)17-10-4-5-11(16)13(8-10)19-2/h3-8H,1-2H3,(H,17,18). The highest BCUT2D eigenvalue weighted by Crippen LogP contribution is 2.32. The van der Waals surface area contributed by atoms with Crippen LogP contribution in [-0.4, -0.2) is 12.1 Å². The van der Waals surface area contributed by atoms with E-state index in [0.717, 1.165) is 26.6 Å².